The lowest BCUT2D eigenvalue weighted by Gasteiger charge is -2.11. The number of nitriles is 1. The normalized spacial score (nSPS) is 10.9. The first kappa shape index (κ1) is 11.3. The van der Waals surface area contributed by atoms with Crippen LogP contribution in [0.3, 0.4) is 0 Å². The molecule has 0 aliphatic heterocycles. The van der Waals surface area contributed by atoms with Crippen molar-refractivity contribution in [2.24, 2.45) is 5.73 Å². The Kier molecular flexibility index (Phi) is 3.11. The second-order valence-electron chi connectivity index (χ2n) is 2.51. The molecule has 0 fully saturated rings. The molecule has 0 aromatic carbocycles. The molecular weight excluding hydrogens is 211 g/mol. The van der Waals surface area contributed by atoms with E-state index in [1.807, 2.05) is 0 Å². The van der Waals surface area contributed by atoms with E-state index in [1.165, 1.54) is 6.07 Å². The molecule has 1 rings (SSSR count). The van der Waals surface area contributed by atoms with Crippen molar-refractivity contribution in [2.45, 2.75) is 12.9 Å². The van der Waals surface area contributed by atoms with Gasteiger partial charge in [-0.1, -0.05) is 0 Å². The van der Waals surface area contributed by atoms with Gasteiger partial charge in [-0.05, 0) is 6.07 Å². The zero-order chi connectivity index (χ0) is 11.5. The van der Waals surface area contributed by atoms with Crippen molar-refractivity contribution in [3.63, 3.8) is 0 Å². The molecule has 1 aromatic heterocycles. The minimum absolute atomic E-state index is 0.0201. The molecule has 2 N–H and O–H groups in total. The molecule has 0 saturated carbocycles. The van der Waals surface area contributed by atoms with Crippen LogP contribution < -0.4 is 10.5 Å². The van der Waals surface area contributed by atoms with Crippen molar-refractivity contribution in [1.82, 2.24) is 4.98 Å². The van der Waals surface area contributed by atoms with Gasteiger partial charge in [-0.25, -0.2) is 4.98 Å². The van der Waals surface area contributed by atoms with E-state index < -0.39 is 12.2 Å². The number of alkyl halides is 3. The van der Waals surface area contributed by atoms with E-state index in [0.29, 0.717) is 0 Å². The fourth-order valence-corrected chi connectivity index (χ4v) is 0.973. The molecule has 0 radical (unpaired) electrons. The molecule has 0 spiro atoms. The van der Waals surface area contributed by atoms with Crippen molar-refractivity contribution in [1.29, 1.82) is 5.26 Å². The van der Waals surface area contributed by atoms with Crippen LogP contribution in [-0.4, -0.2) is 11.3 Å². The van der Waals surface area contributed by atoms with Crippen LogP contribution in [0, 0.1) is 11.3 Å². The number of nitrogens with two attached hydrogens (primary N) is 1. The van der Waals surface area contributed by atoms with Crippen molar-refractivity contribution < 1.29 is 17.9 Å². The Morgan fingerprint density at radius 1 is 1.53 bits per heavy atom. The van der Waals surface area contributed by atoms with Crippen molar-refractivity contribution in [3.8, 4) is 11.9 Å². The van der Waals surface area contributed by atoms with Gasteiger partial charge in [0, 0.05) is 18.3 Å². The average molecular weight is 217 g/mol. The molecule has 80 valence electrons. The number of pyridine rings is 1. The summed E-state index contributed by atoms with van der Waals surface area (Å²) in [6, 6.07) is 2.97. The minimum atomic E-state index is -4.84. The van der Waals surface area contributed by atoms with Crippen molar-refractivity contribution >= 4 is 0 Å². The summed E-state index contributed by atoms with van der Waals surface area (Å²) in [4.78, 5) is 3.37. The smallest absolute Gasteiger partial charge is 0.387 e. The Bertz CT molecular complexity index is 397. The van der Waals surface area contributed by atoms with Crippen LogP contribution in [0.5, 0.6) is 5.88 Å². The van der Waals surface area contributed by atoms with Gasteiger partial charge in [0.1, 0.15) is 0 Å². The van der Waals surface area contributed by atoms with E-state index >= 15 is 0 Å². The first-order valence-electron chi connectivity index (χ1n) is 3.81. The Hall–Kier alpha value is -1.81. The number of halogens is 3. The maximum atomic E-state index is 11.9. The highest BCUT2D eigenvalue weighted by atomic mass is 19.4. The predicted octanol–water partition coefficient (Wildman–Crippen LogP) is 1.31. The summed E-state index contributed by atoms with van der Waals surface area (Å²) >= 11 is 0. The van der Waals surface area contributed by atoms with Crippen LogP contribution in [0.15, 0.2) is 12.3 Å². The van der Waals surface area contributed by atoms with E-state index in [1.54, 1.807) is 6.07 Å². The largest absolute Gasteiger partial charge is 0.574 e. The average Bonchev–Trinajstić information content (AvgIpc) is 2.15. The van der Waals surface area contributed by atoms with Crippen LogP contribution >= 0.6 is 0 Å². The third kappa shape index (κ3) is 2.82. The van der Waals surface area contributed by atoms with Gasteiger partial charge >= 0.3 is 6.36 Å². The zero-order valence-electron chi connectivity index (χ0n) is 7.38. The zero-order valence-corrected chi connectivity index (χ0v) is 7.38. The van der Waals surface area contributed by atoms with Gasteiger partial charge in [0.2, 0.25) is 5.88 Å². The van der Waals surface area contributed by atoms with Gasteiger partial charge in [0.05, 0.1) is 11.6 Å². The highest BCUT2D eigenvalue weighted by Gasteiger charge is 2.33. The molecule has 0 saturated heterocycles. The first-order chi connectivity index (χ1) is 6.98. The number of ether oxygens (including phenoxy) is 1. The molecule has 0 atom stereocenters. The van der Waals surface area contributed by atoms with Gasteiger partial charge in [-0.3, -0.25) is 0 Å². The summed E-state index contributed by atoms with van der Waals surface area (Å²) in [5.41, 5.74) is 5.17. The Morgan fingerprint density at radius 2 is 2.20 bits per heavy atom. The molecular formula is C8H6F3N3O. The predicted molar refractivity (Wildman–Crippen MR) is 43.5 cm³/mol. The van der Waals surface area contributed by atoms with Crippen LogP contribution in [0.4, 0.5) is 13.2 Å². The third-order valence-corrected chi connectivity index (χ3v) is 1.55. The number of hydrogen-bond donors (Lipinski definition) is 1. The summed E-state index contributed by atoms with van der Waals surface area (Å²) < 4.78 is 39.3. The molecule has 1 aromatic rings. The summed E-state index contributed by atoms with van der Waals surface area (Å²) in [7, 11) is 0. The summed E-state index contributed by atoms with van der Waals surface area (Å²) in [5, 5.41) is 8.60. The van der Waals surface area contributed by atoms with E-state index in [-0.39, 0.29) is 17.7 Å². The lowest BCUT2D eigenvalue weighted by atomic mass is 10.1. The SMILES string of the molecule is N#Cc1ccnc(OC(F)(F)F)c1CN. The maximum absolute atomic E-state index is 11.9. The Labute approximate surface area is 83.1 Å². The van der Waals surface area contributed by atoms with E-state index in [2.05, 4.69) is 9.72 Å². The molecule has 15 heavy (non-hydrogen) atoms. The number of hydrogen-bond acceptors (Lipinski definition) is 4. The number of rotatable bonds is 2. The molecule has 0 amide bonds. The lowest BCUT2D eigenvalue weighted by molar-refractivity contribution is -0.276. The van der Waals surface area contributed by atoms with Crippen LogP contribution in [0.25, 0.3) is 0 Å². The van der Waals surface area contributed by atoms with Crippen molar-refractivity contribution in [3.05, 3.63) is 23.4 Å². The van der Waals surface area contributed by atoms with Gasteiger partial charge in [-0.15, -0.1) is 13.2 Å². The Morgan fingerprint density at radius 3 is 2.67 bits per heavy atom. The van der Waals surface area contributed by atoms with E-state index in [4.69, 9.17) is 11.0 Å². The monoisotopic (exact) mass is 217 g/mol. The summed E-state index contributed by atoms with van der Waals surface area (Å²) in [6.45, 7) is -0.248. The molecule has 0 aliphatic carbocycles. The topological polar surface area (TPSA) is 71.9 Å². The lowest BCUT2D eigenvalue weighted by Crippen LogP contribution is -2.20. The van der Waals surface area contributed by atoms with Gasteiger partial charge < -0.3 is 10.5 Å². The highest BCUT2D eigenvalue weighted by molar-refractivity contribution is 5.42. The highest BCUT2D eigenvalue weighted by Crippen LogP contribution is 2.25. The molecule has 0 unspecified atom stereocenters. The number of nitrogens with zero attached hydrogens (tertiary/aromatic N) is 2. The van der Waals surface area contributed by atoms with Gasteiger partial charge in [0.15, 0.2) is 0 Å². The second kappa shape index (κ2) is 4.14. The Balaban J connectivity index is 3.14. The third-order valence-electron chi connectivity index (χ3n) is 1.55. The first-order valence-corrected chi connectivity index (χ1v) is 3.81. The summed E-state index contributed by atoms with van der Waals surface area (Å²) in [6.07, 6.45) is -3.79. The van der Waals surface area contributed by atoms with E-state index in [0.717, 1.165) is 6.20 Å². The van der Waals surface area contributed by atoms with Crippen LogP contribution in [0.2, 0.25) is 0 Å². The molecule has 1 heterocycles. The second-order valence-corrected chi connectivity index (χ2v) is 2.51. The van der Waals surface area contributed by atoms with E-state index in [9.17, 15) is 13.2 Å². The quantitative estimate of drug-likeness (QED) is 0.810. The fourth-order valence-electron chi connectivity index (χ4n) is 0.973. The minimum Gasteiger partial charge on any atom is -0.387 e. The molecule has 4 nitrogen and oxygen atoms in total. The molecule has 7 heteroatoms. The van der Waals surface area contributed by atoms with Gasteiger partial charge in [0.25, 0.3) is 0 Å². The molecule has 0 bridgehead atoms. The maximum Gasteiger partial charge on any atom is 0.574 e. The molecule has 0 aliphatic rings. The number of aromatic nitrogens is 1. The summed E-state index contributed by atoms with van der Waals surface area (Å²) in [5.74, 6) is -0.677. The van der Waals surface area contributed by atoms with Crippen molar-refractivity contribution in [2.75, 3.05) is 0 Å². The van der Waals surface area contributed by atoms with Gasteiger partial charge in [-0.2, -0.15) is 5.26 Å². The fraction of sp³-hybridized carbons (Fsp3) is 0.250. The van der Waals surface area contributed by atoms with Crippen LogP contribution in [-0.2, 0) is 6.54 Å². The van der Waals surface area contributed by atoms with Crippen LogP contribution in [0.1, 0.15) is 11.1 Å². The standard InChI is InChI=1S/C8H6F3N3O/c9-8(10,11)15-7-6(4-13)5(3-12)1-2-14-7/h1-2H,4,13H2.